The van der Waals surface area contributed by atoms with Gasteiger partial charge in [-0.15, -0.1) is 0 Å². The summed E-state index contributed by atoms with van der Waals surface area (Å²) in [5, 5.41) is 12.0. The van der Waals surface area contributed by atoms with E-state index in [0.29, 0.717) is 11.5 Å². The number of aromatic nitrogens is 3. The molecular formula is C17H18ClN3O. The van der Waals surface area contributed by atoms with Gasteiger partial charge in [0.2, 0.25) is 0 Å². The smallest absolute Gasteiger partial charge is 0.138 e. The first kappa shape index (κ1) is 15.0. The molecule has 0 amide bonds. The van der Waals surface area contributed by atoms with Crippen molar-refractivity contribution in [2.24, 2.45) is 5.92 Å². The molecule has 0 saturated heterocycles. The number of benzene rings is 1. The van der Waals surface area contributed by atoms with Gasteiger partial charge in [0.25, 0.3) is 0 Å². The van der Waals surface area contributed by atoms with E-state index in [9.17, 15) is 5.11 Å². The summed E-state index contributed by atoms with van der Waals surface area (Å²) in [6, 6.07) is 8.06. The van der Waals surface area contributed by atoms with Gasteiger partial charge in [0.05, 0.1) is 0 Å². The van der Waals surface area contributed by atoms with Crippen molar-refractivity contribution in [2.45, 2.75) is 26.5 Å². The molecule has 1 N–H and O–H groups in total. The fourth-order valence-corrected chi connectivity index (χ4v) is 2.91. The molecule has 2 aromatic heterocycles. The number of para-hydroxylation sites is 1. The molecule has 22 heavy (non-hydrogen) atoms. The molecule has 4 nitrogen and oxygen atoms in total. The van der Waals surface area contributed by atoms with Gasteiger partial charge in [-0.1, -0.05) is 43.6 Å². The minimum absolute atomic E-state index is 0.281. The van der Waals surface area contributed by atoms with Crippen molar-refractivity contribution in [1.82, 2.24) is 14.5 Å². The van der Waals surface area contributed by atoms with Gasteiger partial charge in [-0.25, -0.2) is 9.97 Å². The highest BCUT2D eigenvalue weighted by atomic mass is 35.5. The molecular weight excluding hydrogens is 298 g/mol. The second kappa shape index (κ2) is 6.07. The van der Waals surface area contributed by atoms with Crippen LogP contribution in [0, 0.1) is 5.92 Å². The highest BCUT2D eigenvalue weighted by Crippen LogP contribution is 2.32. The maximum absolute atomic E-state index is 10.7. The maximum atomic E-state index is 10.7. The highest BCUT2D eigenvalue weighted by Gasteiger charge is 2.20. The van der Waals surface area contributed by atoms with Gasteiger partial charge >= 0.3 is 0 Å². The van der Waals surface area contributed by atoms with Crippen LogP contribution in [0.5, 0.6) is 0 Å². The van der Waals surface area contributed by atoms with Gasteiger partial charge in [-0.05, 0) is 12.0 Å². The third kappa shape index (κ3) is 2.72. The second-order valence-electron chi connectivity index (χ2n) is 5.82. The Morgan fingerprint density at radius 1 is 1.23 bits per heavy atom. The Bertz CT molecular complexity index is 797. The monoisotopic (exact) mass is 315 g/mol. The van der Waals surface area contributed by atoms with Crippen molar-refractivity contribution in [1.29, 1.82) is 0 Å². The van der Waals surface area contributed by atoms with E-state index in [-0.39, 0.29) is 5.15 Å². The molecule has 0 aliphatic rings. The summed E-state index contributed by atoms with van der Waals surface area (Å²) in [5.74, 6) is 0.518. The first-order chi connectivity index (χ1) is 10.6. The minimum atomic E-state index is -0.841. The summed E-state index contributed by atoms with van der Waals surface area (Å²) < 4.78 is 2.18. The van der Waals surface area contributed by atoms with Crippen LogP contribution in [0.4, 0.5) is 0 Å². The summed E-state index contributed by atoms with van der Waals surface area (Å²) in [7, 11) is 0. The van der Waals surface area contributed by atoms with E-state index in [1.807, 2.05) is 24.4 Å². The van der Waals surface area contributed by atoms with Crippen molar-refractivity contribution in [3.05, 3.63) is 59.3 Å². The molecule has 114 valence electrons. The topological polar surface area (TPSA) is 50.9 Å². The van der Waals surface area contributed by atoms with Gasteiger partial charge < -0.3 is 9.67 Å². The SMILES string of the molecule is CC(C)Cn1cc(C(O)c2cncnc2Cl)c2ccccc21. The molecule has 0 aliphatic heterocycles. The van der Waals surface area contributed by atoms with E-state index in [4.69, 9.17) is 11.6 Å². The Labute approximate surface area is 134 Å². The van der Waals surface area contributed by atoms with Crippen LogP contribution in [0.2, 0.25) is 5.15 Å². The molecule has 0 spiro atoms. The zero-order valence-corrected chi connectivity index (χ0v) is 13.3. The molecule has 0 fully saturated rings. The van der Waals surface area contributed by atoms with Crippen LogP contribution in [0.25, 0.3) is 10.9 Å². The van der Waals surface area contributed by atoms with Crippen LogP contribution in [0.15, 0.2) is 43.0 Å². The zero-order chi connectivity index (χ0) is 15.7. The standard InChI is InChI=1S/C17H18ClN3O/c1-11(2)8-21-9-14(12-5-3-4-6-15(12)21)16(22)13-7-19-10-20-17(13)18/h3-7,9-11,16,22H,8H2,1-2H3. The quantitative estimate of drug-likeness (QED) is 0.745. The highest BCUT2D eigenvalue weighted by molar-refractivity contribution is 6.30. The Hall–Kier alpha value is -1.91. The number of nitrogens with zero attached hydrogens (tertiary/aromatic N) is 3. The predicted octanol–water partition coefficient (Wildman–Crippen LogP) is 3.82. The number of aliphatic hydroxyl groups excluding tert-OH is 1. The first-order valence-electron chi connectivity index (χ1n) is 7.29. The fourth-order valence-electron chi connectivity index (χ4n) is 2.71. The molecule has 1 unspecified atom stereocenters. The number of hydrogen-bond donors (Lipinski definition) is 1. The van der Waals surface area contributed by atoms with E-state index in [0.717, 1.165) is 23.0 Å². The van der Waals surface area contributed by atoms with Gasteiger partial charge in [0.1, 0.15) is 17.6 Å². The molecule has 0 aliphatic carbocycles. The lowest BCUT2D eigenvalue weighted by Crippen LogP contribution is -2.04. The van der Waals surface area contributed by atoms with E-state index in [2.05, 4.69) is 34.4 Å². The van der Waals surface area contributed by atoms with Gasteiger partial charge in [-0.3, -0.25) is 0 Å². The average molecular weight is 316 g/mol. The van der Waals surface area contributed by atoms with E-state index in [1.165, 1.54) is 6.33 Å². The van der Waals surface area contributed by atoms with Crippen molar-refractivity contribution < 1.29 is 5.11 Å². The van der Waals surface area contributed by atoms with Crippen molar-refractivity contribution in [3.63, 3.8) is 0 Å². The van der Waals surface area contributed by atoms with E-state index < -0.39 is 6.10 Å². The van der Waals surface area contributed by atoms with Crippen molar-refractivity contribution in [3.8, 4) is 0 Å². The largest absolute Gasteiger partial charge is 0.383 e. The van der Waals surface area contributed by atoms with Crippen molar-refractivity contribution in [2.75, 3.05) is 0 Å². The third-order valence-corrected chi connectivity index (χ3v) is 3.98. The number of hydrogen-bond acceptors (Lipinski definition) is 3. The summed E-state index contributed by atoms with van der Waals surface area (Å²) in [6.07, 6.45) is 4.10. The van der Waals surface area contributed by atoms with E-state index in [1.54, 1.807) is 6.20 Å². The summed E-state index contributed by atoms with van der Waals surface area (Å²) in [6.45, 7) is 5.24. The van der Waals surface area contributed by atoms with Crippen LogP contribution < -0.4 is 0 Å². The second-order valence-corrected chi connectivity index (χ2v) is 6.18. The third-order valence-electron chi connectivity index (χ3n) is 3.66. The minimum Gasteiger partial charge on any atom is -0.383 e. The molecule has 1 atom stereocenters. The molecule has 2 heterocycles. The van der Waals surface area contributed by atoms with Crippen molar-refractivity contribution >= 4 is 22.5 Å². The average Bonchev–Trinajstić information content (AvgIpc) is 2.85. The molecule has 3 rings (SSSR count). The van der Waals surface area contributed by atoms with Crippen LogP contribution in [-0.2, 0) is 6.54 Å². The maximum Gasteiger partial charge on any atom is 0.138 e. The predicted molar refractivity (Wildman–Crippen MR) is 87.9 cm³/mol. The van der Waals surface area contributed by atoms with Gasteiger partial charge in [0.15, 0.2) is 0 Å². The number of fused-ring (bicyclic) bond motifs is 1. The summed E-state index contributed by atoms with van der Waals surface area (Å²) >= 11 is 6.09. The number of halogens is 1. The fraction of sp³-hybridized carbons (Fsp3) is 0.294. The lowest BCUT2D eigenvalue weighted by atomic mass is 10.0. The molecule has 0 saturated carbocycles. The lowest BCUT2D eigenvalue weighted by molar-refractivity contribution is 0.220. The normalized spacial score (nSPS) is 13.0. The summed E-state index contributed by atoms with van der Waals surface area (Å²) in [4.78, 5) is 7.91. The molecule has 1 aromatic carbocycles. The van der Waals surface area contributed by atoms with Crippen LogP contribution in [0.1, 0.15) is 31.1 Å². The number of rotatable bonds is 4. The van der Waals surface area contributed by atoms with Gasteiger partial charge in [0, 0.05) is 41.0 Å². The Morgan fingerprint density at radius 2 is 2.00 bits per heavy atom. The van der Waals surface area contributed by atoms with Crippen LogP contribution in [0.3, 0.4) is 0 Å². The zero-order valence-electron chi connectivity index (χ0n) is 12.6. The Morgan fingerprint density at radius 3 is 2.73 bits per heavy atom. The first-order valence-corrected chi connectivity index (χ1v) is 7.67. The molecule has 5 heteroatoms. The van der Waals surface area contributed by atoms with Gasteiger partial charge in [-0.2, -0.15) is 0 Å². The molecule has 3 aromatic rings. The van der Waals surface area contributed by atoms with Crippen LogP contribution >= 0.6 is 11.6 Å². The lowest BCUT2D eigenvalue weighted by Gasteiger charge is -2.10. The van der Waals surface area contributed by atoms with E-state index >= 15 is 0 Å². The Balaban J connectivity index is 2.13. The summed E-state index contributed by atoms with van der Waals surface area (Å²) in [5.41, 5.74) is 2.46. The number of aliphatic hydroxyl groups is 1. The Kier molecular flexibility index (Phi) is 4.14. The molecule has 0 radical (unpaired) electrons. The van der Waals surface area contributed by atoms with Crippen LogP contribution in [-0.4, -0.2) is 19.6 Å². The molecule has 0 bridgehead atoms.